The molecule has 0 amide bonds. The van der Waals surface area contributed by atoms with Crippen LogP contribution >= 0.6 is 0 Å². The molecule has 0 radical (unpaired) electrons. The summed E-state index contributed by atoms with van der Waals surface area (Å²) in [5.41, 5.74) is 5.20. The van der Waals surface area contributed by atoms with E-state index in [1.54, 1.807) is 28.9 Å². The van der Waals surface area contributed by atoms with Crippen molar-refractivity contribution in [2.24, 2.45) is 0 Å². The number of aryl methyl sites for hydroxylation is 2. The molecule has 7 nitrogen and oxygen atoms in total. The van der Waals surface area contributed by atoms with Crippen molar-refractivity contribution < 1.29 is 8.78 Å². The van der Waals surface area contributed by atoms with Gasteiger partial charge >= 0.3 is 0 Å². The van der Waals surface area contributed by atoms with E-state index in [4.69, 9.17) is 0 Å². The first-order chi connectivity index (χ1) is 18.8. The maximum atomic E-state index is 13.7. The predicted octanol–water partition coefficient (Wildman–Crippen LogP) is 5.61. The Morgan fingerprint density at radius 1 is 0.923 bits per heavy atom. The van der Waals surface area contributed by atoms with Gasteiger partial charge in [-0.1, -0.05) is 37.3 Å². The van der Waals surface area contributed by atoms with Gasteiger partial charge in [-0.25, -0.2) is 13.5 Å². The van der Waals surface area contributed by atoms with Crippen LogP contribution in [0.4, 0.5) is 8.78 Å². The third kappa shape index (κ3) is 5.93. The summed E-state index contributed by atoms with van der Waals surface area (Å²) in [7, 11) is 0. The van der Waals surface area contributed by atoms with Crippen molar-refractivity contribution in [3.05, 3.63) is 122 Å². The molecule has 39 heavy (non-hydrogen) atoms. The Labute approximate surface area is 225 Å². The standard InChI is InChI=1S/C30H30F2N6O/c1-4-28(29-34-35-36-38(29)17-22-7-11-25(32)12-8-22)37(16-21-5-9-24(31)10-6-21)18-23-15-26-20(3)13-19(2)14-27(26)33-30(23)39/h5-15,28H,4,16-18H2,1-3H3,(H,33,39)/t28-/m0/s1. The fraction of sp³-hybridized carbons (Fsp3) is 0.267. The van der Waals surface area contributed by atoms with E-state index in [2.05, 4.69) is 31.5 Å². The molecule has 2 aromatic heterocycles. The van der Waals surface area contributed by atoms with Gasteiger partial charge in [0.05, 0.1) is 12.6 Å². The normalized spacial score (nSPS) is 12.4. The van der Waals surface area contributed by atoms with E-state index in [0.717, 1.165) is 33.2 Å². The van der Waals surface area contributed by atoms with E-state index in [9.17, 15) is 13.6 Å². The molecule has 0 aliphatic carbocycles. The lowest BCUT2D eigenvalue weighted by Crippen LogP contribution is -2.32. The lowest BCUT2D eigenvalue weighted by Gasteiger charge is -2.30. The smallest absolute Gasteiger partial charge is 0.252 e. The Balaban J connectivity index is 1.53. The van der Waals surface area contributed by atoms with Gasteiger partial charge in [0.25, 0.3) is 5.56 Å². The number of tetrazole rings is 1. The number of aromatic nitrogens is 5. The second-order valence-corrected chi connectivity index (χ2v) is 9.94. The van der Waals surface area contributed by atoms with Crippen LogP contribution < -0.4 is 5.56 Å². The Kier molecular flexibility index (Phi) is 7.60. The van der Waals surface area contributed by atoms with Gasteiger partial charge in [0, 0.05) is 29.6 Å². The summed E-state index contributed by atoms with van der Waals surface area (Å²) < 4.78 is 28.8. The second kappa shape index (κ2) is 11.2. The average Bonchev–Trinajstić information content (AvgIpc) is 3.35. The topological polar surface area (TPSA) is 79.7 Å². The van der Waals surface area contributed by atoms with Crippen LogP contribution in [0.25, 0.3) is 10.9 Å². The van der Waals surface area contributed by atoms with E-state index in [1.807, 2.05) is 32.9 Å². The molecule has 3 aromatic carbocycles. The minimum absolute atomic E-state index is 0.155. The molecule has 1 N–H and O–H groups in total. The molecular weight excluding hydrogens is 498 g/mol. The van der Waals surface area contributed by atoms with Gasteiger partial charge in [0.2, 0.25) is 0 Å². The molecular formula is C30H30F2N6O. The quantitative estimate of drug-likeness (QED) is 0.269. The minimum atomic E-state index is -0.308. The molecule has 0 spiro atoms. The first-order valence-electron chi connectivity index (χ1n) is 12.9. The van der Waals surface area contributed by atoms with Crippen LogP contribution in [0.5, 0.6) is 0 Å². The zero-order valence-corrected chi connectivity index (χ0v) is 22.2. The van der Waals surface area contributed by atoms with Crippen molar-refractivity contribution in [1.82, 2.24) is 30.1 Å². The van der Waals surface area contributed by atoms with Gasteiger partial charge < -0.3 is 4.98 Å². The Bertz CT molecular complexity index is 1640. The van der Waals surface area contributed by atoms with E-state index in [0.29, 0.717) is 37.4 Å². The zero-order valence-electron chi connectivity index (χ0n) is 22.2. The van der Waals surface area contributed by atoms with Crippen molar-refractivity contribution in [2.75, 3.05) is 0 Å². The van der Waals surface area contributed by atoms with Crippen LogP contribution in [-0.4, -0.2) is 30.1 Å². The molecule has 0 aliphatic rings. The molecule has 0 unspecified atom stereocenters. The number of hydrogen-bond donors (Lipinski definition) is 1. The maximum absolute atomic E-state index is 13.7. The number of rotatable bonds is 9. The molecule has 1 atom stereocenters. The number of hydrogen-bond acceptors (Lipinski definition) is 5. The molecule has 0 fully saturated rings. The van der Waals surface area contributed by atoms with Crippen LogP contribution in [0.3, 0.4) is 0 Å². The number of aromatic amines is 1. The zero-order chi connectivity index (χ0) is 27.5. The van der Waals surface area contributed by atoms with Crippen LogP contribution in [0.1, 0.15) is 53.0 Å². The maximum Gasteiger partial charge on any atom is 0.252 e. The van der Waals surface area contributed by atoms with E-state index >= 15 is 0 Å². The molecule has 5 aromatic rings. The van der Waals surface area contributed by atoms with Crippen LogP contribution in [0.15, 0.2) is 71.5 Å². The molecule has 9 heteroatoms. The Morgan fingerprint density at radius 2 is 1.59 bits per heavy atom. The van der Waals surface area contributed by atoms with E-state index in [-0.39, 0.29) is 23.2 Å². The first-order valence-corrected chi connectivity index (χ1v) is 12.9. The summed E-state index contributed by atoms with van der Waals surface area (Å²) >= 11 is 0. The molecule has 200 valence electrons. The fourth-order valence-electron chi connectivity index (χ4n) is 5.08. The van der Waals surface area contributed by atoms with Gasteiger partial charge in [0.1, 0.15) is 11.6 Å². The van der Waals surface area contributed by atoms with E-state index in [1.165, 1.54) is 24.3 Å². The van der Waals surface area contributed by atoms with Crippen molar-refractivity contribution >= 4 is 10.9 Å². The summed E-state index contributed by atoms with van der Waals surface area (Å²) in [6.45, 7) is 7.23. The van der Waals surface area contributed by atoms with Crippen molar-refractivity contribution in [2.45, 2.75) is 52.9 Å². The summed E-state index contributed by atoms with van der Waals surface area (Å²) in [5.74, 6) is 0.0175. The monoisotopic (exact) mass is 528 g/mol. The predicted molar refractivity (Wildman–Crippen MR) is 146 cm³/mol. The van der Waals surface area contributed by atoms with Crippen molar-refractivity contribution in [1.29, 1.82) is 0 Å². The number of halogens is 2. The van der Waals surface area contributed by atoms with Crippen molar-refractivity contribution in [3.8, 4) is 0 Å². The highest BCUT2D eigenvalue weighted by Crippen LogP contribution is 2.27. The number of H-pyrrole nitrogens is 1. The van der Waals surface area contributed by atoms with Crippen LogP contribution in [0.2, 0.25) is 0 Å². The first kappa shape index (κ1) is 26.4. The lowest BCUT2D eigenvalue weighted by atomic mass is 10.0. The SMILES string of the molecule is CC[C@@H](c1nnnn1Cc1ccc(F)cc1)N(Cc1ccc(F)cc1)Cc1cc2c(C)cc(C)cc2[nH]c1=O. The number of nitrogens with one attached hydrogen (secondary N) is 1. The average molecular weight is 529 g/mol. The van der Waals surface area contributed by atoms with Gasteiger partial charge in [-0.05, 0) is 89.3 Å². The molecule has 0 bridgehead atoms. The van der Waals surface area contributed by atoms with Gasteiger partial charge in [-0.15, -0.1) is 5.10 Å². The third-order valence-corrected chi connectivity index (χ3v) is 6.99. The van der Waals surface area contributed by atoms with Gasteiger partial charge in [-0.2, -0.15) is 0 Å². The molecule has 0 saturated heterocycles. The van der Waals surface area contributed by atoms with Crippen LogP contribution in [-0.2, 0) is 19.6 Å². The second-order valence-electron chi connectivity index (χ2n) is 9.94. The number of pyridine rings is 1. The lowest BCUT2D eigenvalue weighted by molar-refractivity contribution is 0.161. The highest BCUT2D eigenvalue weighted by Gasteiger charge is 2.26. The number of fused-ring (bicyclic) bond motifs is 1. The summed E-state index contributed by atoms with van der Waals surface area (Å²) in [5, 5.41) is 13.5. The molecule has 0 aliphatic heterocycles. The molecule has 0 saturated carbocycles. The highest BCUT2D eigenvalue weighted by molar-refractivity contribution is 5.83. The summed E-state index contributed by atoms with van der Waals surface area (Å²) in [4.78, 5) is 18.4. The molecule has 2 heterocycles. The van der Waals surface area contributed by atoms with Crippen molar-refractivity contribution in [3.63, 3.8) is 0 Å². The largest absolute Gasteiger partial charge is 0.322 e. The Morgan fingerprint density at radius 3 is 2.26 bits per heavy atom. The fourth-order valence-corrected chi connectivity index (χ4v) is 5.08. The Hall–Kier alpha value is -4.24. The van der Waals surface area contributed by atoms with Crippen LogP contribution in [0, 0.1) is 25.5 Å². The number of benzene rings is 3. The number of nitrogens with zero attached hydrogens (tertiary/aromatic N) is 5. The summed E-state index contributed by atoms with van der Waals surface area (Å²) in [6, 6.07) is 18.4. The molecule has 5 rings (SSSR count). The third-order valence-electron chi connectivity index (χ3n) is 6.99. The van der Waals surface area contributed by atoms with E-state index < -0.39 is 0 Å². The summed E-state index contributed by atoms with van der Waals surface area (Å²) in [6.07, 6.45) is 0.661. The highest BCUT2D eigenvalue weighted by atomic mass is 19.1. The minimum Gasteiger partial charge on any atom is -0.322 e. The van der Waals surface area contributed by atoms with Gasteiger partial charge in [-0.3, -0.25) is 9.69 Å². The van der Waals surface area contributed by atoms with Gasteiger partial charge in [0.15, 0.2) is 5.82 Å².